The van der Waals surface area contributed by atoms with E-state index in [0.29, 0.717) is 19.1 Å². The van der Waals surface area contributed by atoms with Gasteiger partial charge in [-0.1, -0.05) is 48.0 Å². The van der Waals surface area contributed by atoms with E-state index in [4.69, 9.17) is 10.5 Å². The Morgan fingerprint density at radius 2 is 1.81 bits per heavy atom. The molecule has 2 rings (SSSR count). The average molecular weight is 348 g/mol. The molecule has 0 aromatic heterocycles. The summed E-state index contributed by atoms with van der Waals surface area (Å²) in [7, 11) is 0. The summed E-state index contributed by atoms with van der Waals surface area (Å²) in [6.07, 6.45) is 0.916. The second-order valence-corrected chi connectivity index (χ2v) is 6.38. The summed E-state index contributed by atoms with van der Waals surface area (Å²) in [4.78, 5) is 0. The molecule has 2 aromatic carbocycles. The van der Waals surface area contributed by atoms with Crippen molar-refractivity contribution in [2.45, 2.75) is 32.8 Å². The molecule has 0 atom stereocenters. The lowest BCUT2D eigenvalue weighted by Crippen LogP contribution is -2.07. The molecule has 0 saturated carbocycles. The van der Waals surface area contributed by atoms with E-state index in [2.05, 4.69) is 48.0 Å². The minimum Gasteiger partial charge on any atom is -0.489 e. The lowest BCUT2D eigenvalue weighted by Gasteiger charge is -2.14. The van der Waals surface area contributed by atoms with Crippen LogP contribution in [0.15, 0.2) is 46.9 Å². The Bertz CT molecular complexity index is 578. The molecule has 0 aliphatic heterocycles. The van der Waals surface area contributed by atoms with Gasteiger partial charge in [-0.05, 0) is 59.8 Å². The molecular formula is C18H22BrNO. The molecule has 0 heterocycles. The van der Waals surface area contributed by atoms with Crippen LogP contribution in [0.1, 0.15) is 36.5 Å². The van der Waals surface area contributed by atoms with Gasteiger partial charge in [-0.15, -0.1) is 0 Å². The quantitative estimate of drug-likeness (QED) is 0.825. The summed E-state index contributed by atoms with van der Waals surface area (Å²) in [5.74, 6) is 1.40. The molecule has 3 heteroatoms. The van der Waals surface area contributed by atoms with Crippen LogP contribution in [0.2, 0.25) is 0 Å². The maximum absolute atomic E-state index is 5.83. The highest BCUT2D eigenvalue weighted by atomic mass is 79.9. The Morgan fingerprint density at radius 1 is 1.10 bits per heavy atom. The molecule has 0 bridgehead atoms. The van der Waals surface area contributed by atoms with Gasteiger partial charge in [-0.25, -0.2) is 0 Å². The van der Waals surface area contributed by atoms with Gasteiger partial charge in [0.05, 0.1) is 0 Å². The summed E-state index contributed by atoms with van der Waals surface area (Å²) >= 11 is 3.42. The van der Waals surface area contributed by atoms with Crippen molar-refractivity contribution >= 4 is 15.9 Å². The summed E-state index contributed by atoms with van der Waals surface area (Å²) in [6, 6.07) is 14.5. The van der Waals surface area contributed by atoms with Crippen LogP contribution in [0.3, 0.4) is 0 Å². The highest BCUT2D eigenvalue weighted by Gasteiger charge is 2.07. The van der Waals surface area contributed by atoms with Crippen molar-refractivity contribution in [3.63, 3.8) is 0 Å². The van der Waals surface area contributed by atoms with E-state index in [1.807, 2.05) is 24.3 Å². The predicted molar refractivity (Wildman–Crippen MR) is 91.8 cm³/mol. The maximum Gasteiger partial charge on any atom is 0.119 e. The number of halogens is 1. The van der Waals surface area contributed by atoms with Crippen LogP contribution in [-0.2, 0) is 13.0 Å². The number of rotatable bonds is 6. The van der Waals surface area contributed by atoms with Gasteiger partial charge in [0, 0.05) is 4.47 Å². The molecule has 2 nitrogen and oxygen atoms in total. The molecular weight excluding hydrogens is 326 g/mol. The third kappa shape index (κ3) is 4.58. The van der Waals surface area contributed by atoms with E-state index >= 15 is 0 Å². The van der Waals surface area contributed by atoms with Crippen LogP contribution in [-0.4, -0.2) is 6.54 Å². The first-order valence-corrected chi connectivity index (χ1v) is 8.09. The number of hydrogen-bond donors (Lipinski definition) is 1. The maximum atomic E-state index is 5.83. The van der Waals surface area contributed by atoms with E-state index in [9.17, 15) is 0 Å². The molecule has 0 fully saturated rings. The third-order valence-corrected chi connectivity index (χ3v) is 3.99. The van der Waals surface area contributed by atoms with Gasteiger partial charge in [-0.3, -0.25) is 0 Å². The van der Waals surface area contributed by atoms with Crippen molar-refractivity contribution in [2.24, 2.45) is 5.73 Å². The molecule has 0 aliphatic carbocycles. The molecule has 0 saturated heterocycles. The van der Waals surface area contributed by atoms with Gasteiger partial charge in [-0.2, -0.15) is 0 Å². The van der Waals surface area contributed by atoms with Crippen LogP contribution in [0.5, 0.6) is 5.75 Å². The summed E-state index contributed by atoms with van der Waals surface area (Å²) < 4.78 is 6.89. The zero-order valence-electron chi connectivity index (χ0n) is 12.6. The third-order valence-electron chi connectivity index (χ3n) is 3.46. The summed E-state index contributed by atoms with van der Waals surface area (Å²) in [5, 5.41) is 0. The van der Waals surface area contributed by atoms with E-state index in [1.54, 1.807) is 0 Å². The van der Waals surface area contributed by atoms with Crippen LogP contribution >= 0.6 is 15.9 Å². The van der Waals surface area contributed by atoms with Gasteiger partial charge in [0.2, 0.25) is 0 Å². The first-order valence-electron chi connectivity index (χ1n) is 7.30. The number of benzene rings is 2. The Morgan fingerprint density at radius 3 is 2.43 bits per heavy atom. The van der Waals surface area contributed by atoms with Gasteiger partial charge >= 0.3 is 0 Å². The lowest BCUT2D eigenvalue weighted by atomic mass is 9.93. The van der Waals surface area contributed by atoms with Crippen LogP contribution in [0, 0.1) is 0 Å². The van der Waals surface area contributed by atoms with Crippen molar-refractivity contribution in [3.8, 4) is 5.75 Å². The fourth-order valence-electron chi connectivity index (χ4n) is 2.38. The van der Waals surface area contributed by atoms with Crippen LogP contribution < -0.4 is 10.5 Å². The van der Waals surface area contributed by atoms with E-state index in [0.717, 1.165) is 16.6 Å². The Balaban J connectivity index is 2.09. The SMILES string of the molecule is CC(C)c1ccc(COc2ccc(Br)cc2)cc1CCN. The minimum atomic E-state index is 0.521. The minimum absolute atomic E-state index is 0.521. The summed E-state index contributed by atoms with van der Waals surface area (Å²) in [6.45, 7) is 5.69. The highest BCUT2D eigenvalue weighted by molar-refractivity contribution is 9.10. The monoisotopic (exact) mass is 347 g/mol. The molecule has 0 aliphatic rings. The summed E-state index contributed by atoms with van der Waals surface area (Å²) in [5.41, 5.74) is 9.63. The van der Waals surface area contributed by atoms with Gasteiger partial charge < -0.3 is 10.5 Å². The van der Waals surface area contributed by atoms with Crippen molar-refractivity contribution in [2.75, 3.05) is 6.54 Å². The zero-order chi connectivity index (χ0) is 15.2. The second kappa shape index (κ2) is 7.62. The van der Waals surface area contributed by atoms with Gasteiger partial charge in [0.15, 0.2) is 0 Å². The van der Waals surface area contributed by atoms with E-state index < -0.39 is 0 Å². The first-order chi connectivity index (χ1) is 10.1. The standard InChI is InChI=1S/C18H22BrNO/c1-13(2)18-8-3-14(11-15(18)9-10-20)12-21-17-6-4-16(19)5-7-17/h3-8,11,13H,9-10,12,20H2,1-2H3. The number of nitrogens with two attached hydrogens (primary N) is 1. The molecule has 0 unspecified atom stereocenters. The van der Waals surface area contributed by atoms with Crippen molar-refractivity contribution in [1.82, 2.24) is 0 Å². The zero-order valence-corrected chi connectivity index (χ0v) is 14.2. The Hall–Kier alpha value is -1.32. The van der Waals surface area contributed by atoms with Crippen molar-refractivity contribution in [1.29, 1.82) is 0 Å². The normalized spacial score (nSPS) is 10.9. The van der Waals surface area contributed by atoms with Crippen LogP contribution in [0.4, 0.5) is 0 Å². The van der Waals surface area contributed by atoms with Crippen molar-refractivity contribution in [3.05, 3.63) is 63.6 Å². The molecule has 2 aromatic rings. The molecule has 0 amide bonds. The van der Waals surface area contributed by atoms with Gasteiger partial charge in [0.25, 0.3) is 0 Å². The van der Waals surface area contributed by atoms with E-state index in [1.165, 1.54) is 16.7 Å². The number of hydrogen-bond acceptors (Lipinski definition) is 2. The fourth-order valence-corrected chi connectivity index (χ4v) is 2.65. The molecule has 0 radical (unpaired) electrons. The molecule has 112 valence electrons. The smallest absolute Gasteiger partial charge is 0.119 e. The molecule has 2 N–H and O–H groups in total. The fraction of sp³-hybridized carbons (Fsp3) is 0.333. The highest BCUT2D eigenvalue weighted by Crippen LogP contribution is 2.23. The number of ether oxygens (including phenoxy) is 1. The first kappa shape index (κ1) is 16.1. The molecule has 0 spiro atoms. The van der Waals surface area contributed by atoms with Gasteiger partial charge in [0.1, 0.15) is 12.4 Å². The van der Waals surface area contributed by atoms with Crippen LogP contribution in [0.25, 0.3) is 0 Å². The van der Waals surface area contributed by atoms with Crippen molar-refractivity contribution < 1.29 is 4.74 Å². The second-order valence-electron chi connectivity index (χ2n) is 5.47. The molecule has 21 heavy (non-hydrogen) atoms. The lowest BCUT2D eigenvalue weighted by molar-refractivity contribution is 0.306. The average Bonchev–Trinajstić information content (AvgIpc) is 2.47. The largest absolute Gasteiger partial charge is 0.489 e. The topological polar surface area (TPSA) is 35.2 Å². The van der Waals surface area contributed by atoms with E-state index in [-0.39, 0.29) is 0 Å². The Labute approximate surface area is 135 Å². The Kier molecular flexibility index (Phi) is 5.83. The predicted octanol–water partition coefficient (Wildman–Crippen LogP) is 4.65.